The van der Waals surface area contributed by atoms with Crippen LogP contribution in [0.5, 0.6) is 0 Å². The predicted octanol–water partition coefficient (Wildman–Crippen LogP) is 3.40. The number of para-hydroxylation sites is 1. The molecule has 0 radical (unpaired) electrons. The van der Waals surface area contributed by atoms with Gasteiger partial charge in [0.05, 0.1) is 17.7 Å². The second-order valence-electron chi connectivity index (χ2n) is 5.70. The fourth-order valence-electron chi connectivity index (χ4n) is 2.46. The minimum Gasteiger partial charge on any atom is -0.349 e. The smallest absolute Gasteiger partial charge is 0.253 e. The second kappa shape index (κ2) is 8.11. The summed E-state index contributed by atoms with van der Waals surface area (Å²) in [4.78, 5) is 24.5. The average molecular weight is 322 g/mol. The second-order valence-corrected chi connectivity index (χ2v) is 5.70. The summed E-state index contributed by atoms with van der Waals surface area (Å²) in [5, 5.41) is 5.55. The Bertz CT molecular complexity index is 766. The first-order valence-electron chi connectivity index (χ1n) is 7.85. The molecule has 0 unspecified atom stereocenters. The van der Waals surface area contributed by atoms with Crippen molar-refractivity contribution in [2.75, 3.05) is 11.9 Å². The van der Waals surface area contributed by atoms with Gasteiger partial charge in [-0.2, -0.15) is 0 Å². The number of benzene rings is 2. The van der Waals surface area contributed by atoms with Crippen molar-refractivity contribution in [3.8, 4) is 0 Å². The first kappa shape index (κ1) is 17.5. The first-order valence-corrected chi connectivity index (χ1v) is 7.85. The van der Waals surface area contributed by atoms with Gasteiger partial charge in [-0.1, -0.05) is 42.0 Å². The summed E-state index contributed by atoms with van der Waals surface area (Å²) in [5.41, 5.74) is 4.18. The van der Waals surface area contributed by atoms with E-state index in [-0.39, 0.29) is 18.2 Å². The zero-order chi connectivity index (χ0) is 17.5. The van der Waals surface area contributed by atoms with Crippen LogP contribution >= 0.6 is 0 Å². The summed E-state index contributed by atoms with van der Waals surface area (Å²) in [6, 6.07) is 13.0. The van der Waals surface area contributed by atoms with Gasteiger partial charge in [0.25, 0.3) is 5.91 Å². The molecule has 0 aliphatic rings. The minimum atomic E-state index is -0.239. The predicted molar refractivity (Wildman–Crippen MR) is 97.2 cm³/mol. The molecule has 4 heteroatoms. The van der Waals surface area contributed by atoms with E-state index in [0.29, 0.717) is 17.8 Å². The standard InChI is InChI=1S/C20H22N2O2/c1-4-11-21-20(24)17-7-5-6-8-18(17)22-19(23)13-16-10-9-14(2)12-15(16)3/h4-10,12H,1,11,13H2,2-3H3,(H,21,24)(H,22,23). The summed E-state index contributed by atoms with van der Waals surface area (Å²) >= 11 is 0. The Labute approximate surface area is 142 Å². The number of rotatable bonds is 6. The van der Waals surface area contributed by atoms with E-state index in [1.54, 1.807) is 30.3 Å². The topological polar surface area (TPSA) is 58.2 Å². The van der Waals surface area contributed by atoms with Crippen molar-refractivity contribution >= 4 is 17.5 Å². The monoisotopic (exact) mass is 322 g/mol. The van der Waals surface area contributed by atoms with Crippen LogP contribution in [0, 0.1) is 13.8 Å². The number of amides is 2. The largest absolute Gasteiger partial charge is 0.349 e. The summed E-state index contributed by atoms with van der Waals surface area (Å²) < 4.78 is 0. The number of hydrogen-bond donors (Lipinski definition) is 2. The van der Waals surface area contributed by atoms with E-state index in [1.807, 2.05) is 26.0 Å². The Kier molecular flexibility index (Phi) is 5.90. The fourth-order valence-corrected chi connectivity index (χ4v) is 2.46. The molecule has 0 aromatic heterocycles. The van der Waals surface area contributed by atoms with E-state index < -0.39 is 0 Å². The lowest BCUT2D eigenvalue weighted by Crippen LogP contribution is -2.25. The quantitative estimate of drug-likeness (QED) is 0.801. The van der Waals surface area contributed by atoms with Crippen molar-refractivity contribution in [2.24, 2.45) is 0 Å². The molecule has 2 amide bonds. The maximum atomic E-state index is 12.3. The van der Waals surface area contributed by atoms with E-state index in [9.17, 15) is 9.59 Å². The summed E-state index contributed by atoms with van der Waals surface area (Å²) in [5.74, 6) is -0.386. The van der Waals surface area contributed by atoms with E-state index in [0.717, 1.165) is 11.1 Å². The number of anilines is 1. The third-order valence-corrected chi connectivity index (χ3v) is 3.70. The average Bonchev–Trinajstić information content (AvgIpc) is 2.55. The van der Waals surface area contributed by atoms with Gasteiger partial charge < -0.3 is 10.6 Å². The highest BCUT2D eigenvalue weighted by molar-refractivity contribution is 6.04. The molecule has 0 aliphatic heterocycles. The Balaban J connectivity index is 2.11. The summed E-state index contributed by atoms with van der Waals surface area (Å²) in [6.45, 7) is 7.97. The van der Waals surface area contributed by atoms with Crippen LogP contribution in [0.25, 0.3) is 0 Å². The van der Waals surface area contributed by atoms with Crippen LogP contribution < -0.4 is 10.6 Å². The molecule has 0 heterocycles. The third-order valence-electron chi connectivity index (χ3n) is 3.70. The van der Waals surface area contributed by atoms with Gasteiger partial charge in [0.2, 0.25) is 5.91 Å². The van der Waals surface area contributed by atoms with E-state index >= 15 is 0 Å². The van der Waals surface area contributed by atoms with Gasteiger partial charge in [-0.15, -0.1) is 6.58 Å². The molecule has 0 saturated carbocycles. The van der Waals surface area contributed by atoms with Crippen LogP contribution in [0.3, 0.4) is 0 Å². The lowest BCUT2D eigenvalue weighted by Gasteiger charge is -2.12. The van der Waals surface area contributed by atoms with E-state index in [1.165, 1.54) is 5.56 Å². The molecule has 2 N–H and O–H groups in total. The van der Waals surface area contributed by atoms with Crippen molar-refractivity contribution in [1.29, 1.82) is 0 Å². The molecular weight excluding hydrogens is 300 g/mol. The highest BCUT2D eigenvalue weighted by Gasteiger charge is 2.13. The fraction of sp³-hybridized carbons (Fsp3) is 0.200. The summed E-state index contributed by atoms with van der Waals surface area (Å²) in [7, 11) is 0. The highest BCUT2D eigenvalue weighted by atomic mass is 16.2. The van der Waals surface area contributed by atoms with Gasteiger partial charge in [0.15, 0.2) is 0 Å². The van der Waals surface area contributed by atoms with Gasteiger partial charge in [-0.25, -0.2) is 0 Å². The third kappa shape index (κ3) is 4.56. The van der Waals surface area contributed by atoms with Crippen LogP contribution in [0.4, 0.5) is 5.69 Å². The van der Waals surface area contributed by atoms with E-state index in [2.05, 4.69) is 23.3 Å². The number of nitrogens with one attached hydrogen (secondary N) is 2. The van der Waals surface area contributed by atoms with Crippen LogP contribution in [0.15, 0.2) is 55.1 Å². The summed E-state index contributed by atoms with van der Waals surface area (Å²) in [6.07, 6.45) is 1.88. The van der Waals surface area contributed by atoms with Gasteiger partial charge in [-0.3, -0.25) is 9.59 Å². The van der Waals surface area contributed by atoms with Gasteiger partial charge in [-0.05, 0) is 37.1 Å². The molecular formula is C20H22N2O2. The minimum absolute atomic E-state index is 0.147. The van der Waals surface area contributed by atoms with Crippen molar-refractivity contribution in [3.05, 3.63) is 77.4 Å². The van der Waals surface area contributed by atoms with Gasteiger partial charge in [0, 0.05) is 6.54 Å². The van der Waals surface area contributed by atoms with Crippen molar-refractivity contribution in [2.45, 2.75) is 20.3 Å². The van der Waals surface area contributed by atoms with Gasteiger partial charge in [0.1, 0.15) is 0 Å². The van der Waals surface area contributed by atoms with Crippen molar-refractivity contribution in [3.63, 3.8) is 0 Å². The molecule has 0 fully saturated rings. The normalized spacial score (nSPS) is 10.1. The molecule has 2 rings (SSSR count). The Morgan fingerprint density at radius 3 is 2.58 bits per heavy atom. The first-order chi connectivity index (χ1) is 11.5. The highest BCUT2D eigenvalue weighted by Crippen LogP contribution is 2.17. The van der Waals surface area contributed by atoms with Crippen molar-refractivity contribution in [1.82, 2.24) is 5.32 Å². The number of aryl methyl sites for hydroxylation is 2. The van der Waals surface area contributed by atoms with Crippen LogP contribution in [0.1, 0.15) is 27.0 Å². The number of carbonyl (C=O) groups excluding carboxylic acids is 2. The lowest BCUT2D eigenvalue weighted by atomic mass is 10.0. The zero-order valence-corrected chi connectivity index (χ0v) is 14.1. The molecule has 124 valence electrons. The number of hydrogen-bond acceptors (Lipinski definition) is 2. The van der Waals surface area contributed by atoms with Gasteiger partial charge >= 0.3 is 0 Å². The Hall–Kier alpha value is -2.88. The maximum Gasteiger partial charge on any atom is 0.253 e. The zero-order valence-electron chi connectivity index (χ0n) is 14.1. The molecule has 0 aliphatic carbocycles. The van der Waals surface area contributed by atoms with E-state index in [4.69, 9.17) is 0 Å². The molecule has 4 nitrogen and oxygen atoms in total. The molecule has 2 aromatic rings. The molecule has 0 atom stereocenters. The maximum absolute atomic E-state index is 12.3. The van der Waals surface area contributed by atoms with Crippen LogP contribution in [-0.2, 0) is 11.2 Å². The SMILES string of the molecule is C=CCNC(=O)c1ccccc1NC(=O)Cc1ccc(C)cc1C. The Morgan fingerprint density at radius 2 is 1.88 bits per heavy atom. The Morgan fingerprint density at radius 1 is 1.12 bits per heavy atom. The van der Waals surface area contributed by atoms with Crippen LogP contribution in [0.2, 0.25) is 0 Å². The van der Waals surface area contributed by atoms with Crippen molar-refractivity contribution < 1.29 is 9.59 Å². The molecule has 0 spiro atoms. The molecule has 24 heavy (non-hydrogen) atoms. The number of carbonyl (C=O) groups is 2. The molecule has 2 aromatic carbocycles. The lowest BCUT2D eigenvalue weighted by molar-refractivity contribution is -0.115. The van der Waals surface area contributed by atoms with Crippen LogP contribution in [-0.4, -0.2) is 18.4 Å². The molecule has 0 saturated heterocycles. The molecule has 0 bridgehead atoms.